The molecule has 0 radical (unpaired) electrons. The quantitative estimate of drug-likeness (QED) is 0.501. The van der Waals surface area contributed by atoms with Crippen molar-refractivity contribution < 1.29 is 17.9 Å². The van der Waals surface area contributed by atoms with Crippen LogP contribution >= 0.6 is 0 Å². The number of benzene rings is 2. The summed E-state index contributed by atoms with van der Waals surface area (Å²) in [6.07, 6.45) is 1.62. The maximum Gasteiger partial charge on any atom is 0.253 e. The van der Waals surface area contributed by atoms with E-state index in [-0.39, 0.29) is 22.4 Å². The van der Waals surface area contributed by atoms with E-state index in [0.29, 0.717) is 29.9 Å². The highest BCUT2D eigenvalue weighted by Gasteiger charge is 2.24. The fraction of sp³-hybridized carbons (Fsp3) is 0.300. The van der Waals surface area contributed by atoms with E-state index in [1.54, 1.807) is 48.3 Å². The molecule has 1 heterocycles. The number of hydrogen-bond donors (Lipinski definition) is 3. The Morgan fingerprint density at radius 3 is 2.31 bits per heavy atom. The van der Waals surface area contributed by atoms with Crippen LogP contribution in [-0.2, 0) is 14.8 Å². The van der Waals surface area contributed by atoms with Crippen LogP contribution in [0.25, 0.3) is 11.1 Å². The van der Waals surface area contributed by atoms with E-state index in [0.717, 1.165) is 12.8 Å². The van der Waals surface area contributed by atoms with Gasteiger partial charge in [0, 0.05) is 37.4 Å². The number of amides is 1. The van der Waals surface area contributed by atoms with E-state index in [9.17, 15) is 13.2 Å². The van der Waals surface area contributed by atoms with Gasteiger partial charge >= 0.3 is 0 Å². The van der Waals surface area contributed by atoms with Crippen molar-refractivity contribution in [1.82, 2.24) is 4.90 Å². The first-order valence-electron chi connectivity index (χ1n) is 9.15. The smallest absolute Gasteiger partial charge is 0.253 e. The fourth-order valence-electron chi connectivity index (χ4n) is 3.52. The summed E-state index contributed by atoms with van der Waals surface area (Å²) in [5.41, 5.74) is 7.30. The molecule has 2 aromatic rings. The van der Waals surface area contributed by atoms with Crippen molar-refractivity contribution in [1.29, 1.82) is 5.41 Å². The van der Waals surface area contributed by atoms with Crippen molar-refractivity contribution in [3.05, 3.63) is 53.6 Å². The fourth-order valence-corrected chi connectivity index (χ4v) is 4.29. The normalized spacial score (nSPS) is 15.1. The molecule has 5 N–H and O–H groups in total. The van der Waals surface area contributed by atoms with Crippen LogP contribution in [0.4, 0.5) is 0 Å². The first-order chi connectivity index (χ1) is 13.7. The molecule has 0 bridgehead atoms. The minimum atomic E-state index is -4.05. The molecular weight excluding hydrogens is 392 g/mol. The van der Waals surface area contributed by atoms with Crippen LogP contribution in [0.15, 0.2) is 47.4 Å². The van der Waals surface area contributed by atoms with Crippen LogP contribution in [-0.4, -0.2) is 51.4 Å². The summed E-state index contributed by atoms with van der Waals surface area (Å²) >= 11 is 0. The standard InChI is InChI=1S/C20H24N4O4S/c1-24(15-9-11-28-12-10-15)20(25)14-7-5-13(6-8-14)16-3-2-4-17(29(23,26)27)18(16)19(21)22/h2-8,15H,9-12H2,1H3,(H3,21,22)(H2,23,26,27). The van der Waals surface area contributed by atoms with Gasteiger partial charge in [-0.15, -0.1) is 0 Å². The molecule has 1 fully saturated rings. The molecule has 29 heavy (non-hydrogen) atoms. The third-order valence-electron chi connectivity index (χ3n) is 5.10. The van der Waals surface area contributed by atoms with Gasteiger partial charge in [0.15, 0.2) is 0 Å². The summed E-state index contributed by atoms with van der Waals surface area (Å²) in [6.45, 7) is 1.30. The maximum absolute atomic E-state index is 12.8. The number of sulfonamides is 1. The molecule has 3 rings (SSSR count). The molecule has 8 nitrogen and oxygen atoms in total. The Kier molecular flexibility index (Phi) is 6.02. The Morgan fingerprint density at radius 1 is 1.14 bits per heavy atom. The van der Waals surface area contributed by atoms with Gasteiger partial charge in [0.25, 0.3) is 5.91 Å². The van der Waals surface area contributed by atoms with Gasteiger partial charge in [-0.1, -0.05) is 24.3 Å². The molecule has 0 unspecified atom stereocenters. The molecule has 1 saturated heterocycles. The molecule has 0 aromatic heterocycles. The van der Waals surface area contributed by atoms with Crippen molar-refractivity contribution in [3.8, 4) is 11.1 Å². The average molecular weight is 417 g/mol. The third-order valence-corrected chi connectivity index (χ3v) is 6.06. The van der Waals surface area contributed by atoms with E-state index in [1.807, 2.05) is 0 Å². The Labute approximate surface area is 170 Å². The van der Waals surface area contributed by atoms with E-state index in [2.05, 4.69) is 0 Å². The Morgan fingerprint density at radius 2 is 1.76 bits per heavy atom. The highest BCUT2D eigenvalue weighted by Crippen LogP contribution is 2.29. The van der Waals surface area contributed by atoms with Gasteiger partial charge in [-0.05, 0) is 42.2 Å². The first kappa shape index (κ1) is 21.0. The first-order valence-corrected chi connectivity index (χ1v) is 10.7. The lowest BCUT2D eigenvalue weighted by atomic mass is 9.97. The number of hydrogen-bond acceptors (Lipinski definition) is 5. The second-order valence-corrected chi connectivity index (χ2v) is 8.50. The van der Waals surface area contributed by atoms with Crippen molar-refractivity contribution in [2.75, 3.05) is 20.3 Å². The van der Waals surface area contributed by atoms with Gasteiger partial charge < -0.3 is 15.4 Å². The molecule has 1 aliphatic heterocycles. The number of nitrogens with two attached hydrogens (primary N) is 2. The summed E-state index contributed by atoms with van der Waals surface area (Å²) in [7, 11) is -2.26. The average Bonchev–Trinajstić information content (AvgIpc) is 2.72. The van der Waals surface area contributed by atoms with Crippen LogP contribution < -0.4 is 10.9 Å². The zero-order valence-corrected chi connectivity index (χ0v) is 16.9. The monoisotopic (exact) mass is 416 g/mol. The minimum absolute atomic E-state index is 0.0494. The molecule has 1 amide bonds. The predicted molar refractivity (Wildman–Crippen MR) is 110 cm³/mol. The number of amidine groups is 1. The van der Waals surface area contributed by atoms with Crippen molar-refractivity contribution >= 4 is 21.8 Å². The van der Waals surface area contributed by atoms with Crippen molar-refractivity contribution in [2.24, 2.45) is 10.9 Å². The van der Waals surface area contributed by atoms with Gasteiger partial charge in [0.2, 0.25) is 10.0 Å². The molecular formula is C20H24N4O4S. The number of ether oxygens (including phenoxy) is 1. The highest BCUT2D eigenvalue weighted by atomic mass is 32.2. The van der Waals surface area contributed by atoms with Gasteiger partial charge in [-0.25, -0.2) is 13.6 Å². The number of carbonyl (C=O) groups is 1. The molecule has 1 aliphatic rings. The Hall–Kier alpha value is -2.75. The van der Waals surface area contributed by atoms with E-state index < -0.39 is 15.9 Å². The zero-order valence-electron chi connectivity index (χ0n) is 16.1. The van der Waals surface area contributed by atoms with E-state index in [1.165, 1.54) is 6.07 Å². The second kappa shape index (κ2) is 8.32. The SMILES string of the molecule is CN(C(=O)c1ccc(-c2cccc(S(N)(=O)=O)c2C(=N)N)cc1)C1CCOCC1. The van der Waals surface area contributed by atoms with Crippen LogP contribution in [0.3, 0.4) is 0 Å². The molecule has 154 valence electrons. The number of nitrogens with one attached hydrogen (secondary N) is 1. The summed E-state index contributed by atoms with van der Waals surface area (Å²) in [6, 6.07) is 11.4. The van der Waals surface area contributed by atoms with E-state index >= 15 is 0 Å². The predicted octanol–water partition coefficient (Wildman–Crippen LogP) is 1.54. The largest absolute Gasteiger partial charge is 0.384 e. The number of nitrogen functional groups attached to an aromatic ring is 1. The Bertz CT molecular complexity index is 1030. The summed E-state index contributed by atoms with van der Waals surface area (Å²) in [4.78, 5) is 14.3. The van der Waals surface area contributed by atoms with Crippen LogP contribution in [0.1, 0.15) is 28.8 Å². The maximum atomic E-state index is 12.8. The van der Waals surface area contributed by atoms with E-state index in [4.69, 9.17) is 21.0 Å². The molecule has 0 aliphatic carbocycles. The van der Waals surface area contributed by atoms with Crippen molar-refractivity contribution in [3.63, 3.8) is 0 Å². The number of carbonyl (C=O) groups excluding carboxylic acids is 1. The number of rotatable bonds is 5. The van der Waals surface area contributed by atoms with Crippen molar-refractivity contribution in [2.45, 2.75) is 23.8 Å². The Balaban J connectivity index is 1.93. The highest BCUT2D eigenvalue weighted by molar-refractivity contribution is 7.89. The number of primary sulfonamides is 1. The summed E-state index contributed by atoms with van der Waals surface area (Å²) < 4.78 is 29.1. The molecule has 9 heteroatoms. The lowest BCUT2D eigenvalue weighted by Crippen LogP contribution is -2.40. The summed E-state index contributed by atoms with van der Waals surface area (Å²) in [5, 5.41) is 13.1. The van der Waals surface area contributed by atoms with Crippen LogP contribution in [0.2, 0.25) is 0 Å². The number of nitrogens with zero attached hydrogens (tertiary/aromatic N) is 1. The zero-order chi connectivity index (χ0) is 21.2. The second-order valence-electron chi connectivity index (χ2n) is 6.97. The van der Waals surface area contributed by atoms with Crippen LogP contribution in [0, 0.1) is 5.41 Å². The van der Waals surface area contributed by atoms with Crippen LogP contribution in [0.5, 0.6) is 0 Å². The molecule has 0 spiro atoms. The van der Waals surface area contributed by atoms with Gasteiger partial charge in [-0.2, -0.15) is 0 Å². The molecule has 0 saturated carbocycles. The minimum Gasteiger partial charge on any atom is -0.384 e. The topological polar surface area (TPSA) is 140 Å². The molecule has 2 aromatic carbocycles. The lowest BCUT2D eigenvalue weighted by molar-refractivity contribution is 0.0362. The van der Waals surface area contributed by atoms with Gasteiger partial charge in [0.1, 0.15) is 5.84 Å². The van der Waals surface area contributed by atoms with Gasteiger partial charge in [-0.3, -0.25) is 10.2 Å². The third kappa shape index (κ3) is 4.47. The summed E-state index contributed by atoms with van der Waals surface area (Å²) in [5.74, 6) is -0.488. The van der Waals surface area contributed by atoms with Gasteiger partial charge in [0.05, 0.1) is 4.90 Å². The lowest BCUT2D eigenvalue weighted by Gasteiger charge is -2.31. The molecule has 0 atom stereocenters.